The van der Waals surface area contributed by atoms with Gasteiger partial charge in [-0.1, -0.05) is 92.7 Å². The van der Waals surface area contributed by atoms with Crippen LogP contribution in [0.25, 0.3) is 0 Å². The highest BCUT2D eigenvalue weighted by molar-refractivity contribution is 5.81. The molecule has 0 spiro atoms. The van der Waals surface area contributed by atoms with Crippen molar-refractivity contribution in [2.45, 2.75) is 137 Å². The molecule has 1 aliphatic heterocycles. The molecular weight excluding hydrogens is 662 g/mol. The van der Waals surface area contributed by atoms with Crippen LogP contribution < -0.4 is 16.0 Å². The number of ether oxygens (including phenoxy) is 2. The van der Waals surface area contributed by atoms with Crippen LogP contribution >= 0.6 is 0 Å². The summed E-state index contributed by atoms with van der Waals surface area (Å²) in [7, 11) is 6.70. The van der Waals surface area contributed by atoms with Crippen LogP contribution in [0.5, 0.6) is 0 Å². The van der Waals surface area contributed by atoms with Gasteiger partial charge in [-0.3, -0.25) is 19.2 Å². The predicted molar refractivity (Wildman–Crippen MR) is 212 cm³/mol. The van der Waals surface area contributed by atoms with Crippen LogP contribution in [0.2, 0.25) is 0 Å². The van der Waals surface area contributed by atoms with Gasteiger partial charge in [-0.25, -0.2) is 0 Å². The molecule has 4 amide bonds. The van der Waals surface area contributed by atoms with Gasteiger partial charge in [0.2, 0.25) is 24.1 Å². The summed E-state index contributed by atoms with van der Waals surface area (Å²) in [5, 5.41) is 19.1. The predicted octanol–water partition coefficient (Wildman–Crippen LogP) is 4.48. The lowest BCUT2D eigenvalue weighted by Gasteiger charge is -2.39. The van der Waals surface area contributed by atoms with E-state index in [-0.39, 0.29) is 42.6 Å². The van der Waals surface area contributed by atoms with E-state index in [1.165, 1.54) is 26.7 Å². The molecule has 12 nitrogen and oxygen atoms in total. The van der Waals surface area contributed by atoms with Crippen LogP contribution in [0, 0.1) is 17.8 Å². The number of methoxy groups -OCH3 is 2. The largest absolute Gasteiger partial charge is 0.386 e. The molecule has 0 radical (unpaired) electrons. The quantitative estimate of drug-likeness (QED) is 0.0996. The lowest BCUT2D eigenvalue weighted by Crippen LogP contribution is -2.54. The maximum Gasteiger partial charge on any atom is 0.242 e. The lowest BCUT2D eigenvalue weighted by molar-refractivity contribution is -0.145. The number of carbonyl (C=O) groups excluding carboxylic acids is 4. The summed E-state index contributed by atoms with van der Waals surface area (Å²) in [6.45, 7) is 26.0. The number of rotatable bonds is 21. The Morgan fingerprint density at radius 3 is 2.04 bits per heavy atom. The van der Waals surface area contributed by atoms with Crippen LogP contribution in [0.3, 0.4) is 0 Å². The molecule has 9 atom stereocenters. The number of allylic oxidation sites excluding steroid dienone is 2. The molecule has 12 heteroatoms. The monoisotopic (exact) mass is 738 g/mol. The van der Waals surface area contributed by atoms with Crippen LogP contribution in [0.4, 0.5) is 0 Å². The van der Waals surface area contributed by atoms with E-state index in [0.717, 1.165) is 18.8 Å². The zero-order chi connectivity index (χ0) is 40.6. The Bertz CT molecular complexity index is 1080. The van der Waals surface area contributed by atoms with E-state index in [1.807, 2.05) is 20.9 Å². The summed E-state index contributed by atoms with van der Waals surface area (Å²) < 4.78 is 11.6. The van der Waals surface area contributed by atoms with Crippen molar-refractivity contribution >= 4 is 24.1 Å². The van der Waals surface area contributed by atoms with Crippen molar-refractivity contribution in [3.8, 4) is 0 Å². The summed E-state index contributed by atoms with van der Waals surface area (Å²) >= 11 is 0. The van der Waals surface area contributed by atoms with Crippen LogP contribution in [-0.4, -0.2) is 123 Å². The Kier molecular flexibility index (Phi) is 27.9. The number of hydrogen-bond donors (Lipinski definition) is 4. The maximum absolute atomic E-state index is 13.7. The van der Waals surface area contributed by atoms with Crippen molar-refractivity contribution in [3.05, 3.63) is 37.0 Å². The van der Waals surface area contributed by atoms with E-state index in [2.05, 4.69) is 63.7 Å². The minimum atomic E-state index is -0.967. The minimum Gasteiger partial charge on any atom is -0.386 e. The molecule has 0 bridgehead atoms. The van der Waals surface area contributed by atoms with Crippen LogP contribution in [0.1, 0.15) is 94.4 Å². The molecule has 0 aromatic carbocycles. The standard InChI is InChI=1S/C31H52N4O7.C6H15N.C3H8/c1-10-14-23(12-3)29(39)22(6)33-31(40)21(5)30(42-9)24-15-13-16-35(24)26(37)17-25(41-8)28(20(4)11-2)34(7)27(38)18-32-19-36;1-5(2)6(3)7-4;1-3-2/h10,12,14,19-22,24-25,28-30,39H,1,3,11,13,15-18H2,2,4-9H3,(H,32,36)(H,33,40);5-7H,1-4H3;3H2,1-2H3/b23-14+;;. The molecule has 302 valence electrons. The molecule has 1 saturated heterocycles. The van der Waals surface area contributed by atoms with Gasteiger partial charge >= 0.3 is 0 Å². The molecule has 1 heterocycles. The van der Waals surface area contributed by atoms with E-state index in [9.17, 15) is 24.3 Å². The van der Waals surface area contributed by atoms with Gasteiger partial charge in [0.05, 0.1) is 55.3 Å². The van der Waals surface area contributed by atoms with E-state index in [1.54, 1.807) is 42.8 Å². The number of amides is 4. The number of carbonyl (C=O) groups is 4. The van der Waals surface area contributed by atoms with E-state index in [4.69, 9.17) is 9.47 Å². The molecule has 0 aromatic rings. The van der Waals surface area contributed by atoms with E-state index < -0.39 is 36.3 Å². The Labute approximate surface area is 316 Å². The topological polar surface area (TPSA) is 150 Å². The fraction of sp³-hybridized carbons (Fsp3) is 0.750. The Morgan fingerprint density at radius 1 is 1.02 bits per heavy atom. The number of aliphatic hydroxyl groups is 1. The van der Waals surface area contributed by atoms with Crippen LogP contribution in [0.15, 0.2) is 37.0 Å². The highest BCUT2D eigenvalue weighted by Crippen LogP contribution is 2.29. The van der Waals surface area contributed by atoms with Gasteiger partial charge in [-0.05, 0) is 51.1 Å². The Hall–Kier alpha value is -3.06. The molecule has 1 fully saturated rings. The minimum absolute atomic E-state index is 0.0259. The molecule has 4 N–H and O–H groups in total. The molecule has 1 aliphatic rings. The average molecular weight is 738 g/mol. The zero-order valence-electron chi connectivity index (χ0n) is 34.7. The second-order valence-electron chi connectivity index (χ2n) is 14.0. The molecular formula is C40H75N5O7. The van der Waals surface area contributed by atoms with Gasteiger partial charge < -0.3 is 40.3 Å². The molecule has 9 unspecified atom stereocenters. The van der Waals surface area contributed by atoms with Gasteiger partial charge in [0.25, 0.3) is 0 Å². The SMILES string of the molecule is C=C/C=C(\C=C)C(O)C(C)NC(=O)C(C)C(OC)C1CCCN1C(=O)CC(OC)C(C(C)CC)N(C)C(=O)CNC=O.CCC.CNC(C)C(C)C. The van der Waals surface area contributed by atoms with Gasteiger partial charge in [0.15, 0.2) is 0 Å². The molecule has 52 heavy (non-hydrogen) atoms. The third-order valence-corrected chi connectivity index (χ3v) is 9.83. The summed E-state index contributed by atoms with van der Waals surface area (Å²) in [5.74, 6) is -0.555. The smallest absolute Gasteiger partial charge is 0.242 e. The van der Waals surface area contributed by atoms with Crippen molar-refractivity contribution in [2.75, 3.05) is 41.4 Å². The van der Waals surface area contributed by atoms with Crippen molar-refractivity contribution < 1.29 is 33.8 Å². The van der Waals surface area contributed by atoms with E-state index >= 15 is 0 Å². The second-order valence-corrected chi connectivity index (χ2v) is 14.0. The first-order valence-corrected chi connectivity index (χ1v) is 18.9. The summed E-state index contributed by atoms with van der Waals surface area (Å²) in [6, 6.07) is -0.662. The van der Waals surface area contributed by atoms with Crippen molar-refractivity contribution in [1.29, 1.82) is 0 Å². The third kappa shape index (κ3) is 17.2. The van der Waals surface area contributed by atoms with Crippen molar-refractivity contribution in [2.24, 2.45) is 17.8 Å². The first-order valence-electron chi connectivity index (χ1n) is 18.9. The summed E-state index contributed by atoms with van der Waals surface area (Å²) in [4.78, 5) is 53.7. The Morgan fingerprint density at radius 2 is 1.62 bits per heavy atom. The first kappa shape index (κ1) is 51.0. The van der Waals surface area contributed by atoms with Gasteiger partial charge in [0.1, 0.15) is 0 Å². The number of likely N-dealkylation sites (N-methyl/N-ethyl adjacent to an activating group) is 1. The fourth-order valence-corrected chi connectivity index (χ4v) is 6.06. The number of hydrogen-bond acceptors (Lipinski definition) is 8. The molecule has 1 rings (SSSR count). The molecule has 0 saturated carbocycles. The normalized spacial score (nSPS) is 18.8. The molecule has 0 aromatic heterocycles. The van der Waals surface area contributed by atoms with Gasteiger partial charge in [0, 0.05) is 33.9 Å². The lowest BCUT2D eigenvalue weighted by atomic mass is 9.90. The average Bonchev–Trinajstić information content (AvgIpc) is 3.61. The van der Waals surface area contributed by atoms with Crippen LogP contribution in [-0.2, 0) is 28.7 Å². The number of nitrogens with zero attached hydrogens (tertiary/aromatic N) is 2. The number of nitrogens with one attached hydrogen (secondary N) is 3. The zero-order valence-corrected chi connectivity index (χ0v) is 34.7. The highest BCUT2D eigenvalue weighted by atomic mass is 16.5. The maximum atomic E-state index is 13.7. The first-order chi connectivity index (χ1) is 24.5. The van der Waals surface area contributed by atoms with E-state index in [0.29, 0.717) is 31.0 Å². The van der Waals surface area contributed by atoms with Crippen molar-refractivity contribution in [1.82, 2.24) is 25.8 Å². The summed E-state index contributed by atoms with van der Waals surface area (Å²) in [5.41, 5.74) is 0.539. The second kappa shape index (κ2) is 28.4. The van der Waals surface area contributed by atoms with Crippen molar-refractivity contribution in [3.63, 3.8) is 0 Å². The van der Waals surface area contributed by atoms with Gasteiger partial charge in [-0.2, -0.15) is 0 Å². The fourth-order valence-electron chi connectivity index (χ4n) is 6.06. The third-order valence-electron chi connectivity index (χ3n) is 9.83. The Balaban J connectivity index is 0. The van der Waals surface area contributed by atoms with Gasteiger partial charge in [-0.15, -0.1) is 0 Å². The molecule has 0 aliphatic carbocycles. The highest BCUT2D eigenvalue weighted by Gasteiger charge is 2.42. The number of aliphatic hydroxyl groups excluding tert-OH is 1. The number of likely N-dealkylation sites (tertiary alicyclic amines) is 1. The summed E-state index contributed by atoms with van der Waals surface area (Å²) in [6.07, 6.45) is 6.54.